The first-order chi connectivity index (χ1) is 9.10. The van der Waals surface area contributed by atoms with Gasteiger partial charge in [0.25, 0.3) is 5.91 Å². The number of fused-ring (bicyclic) bond motifs is 1. The summed E-state index contributed by atoms with van der Waals surface area (Å²) in [7, 11) is 0. The molecule has 0 aliphatic carbocycles. The van der Waals surface area contributed by atoms with Gasteiger partial charge >= 0.3 is 0 Å². The van der Waals surface area contributed by atoms with Crippen LogP contribution in [0.5, 0.6) is 5.75 Å². The van der Waals surface area contributed by atoms with Crippen molar-refractivity contribution >= 4 is 17.5 Å². The number of ether oxygens (including phenoxy) is 1. The van der Waals surface area contributed by atoms with Crippen LogP contribution in [0.15, 0.2) is 18.2 Å². The maximum absolute atomic E-state index is 11.9. The Morgan fingerprint density at radius 1 is 1.63 bits per heavy atom. The summed E-state index contributed by atoms with van der Waals surface area (Å²) in [5, 5.41) is 12.8. The standard InChI is InChI=1S/C14H18ClNO3/c1-2-11(17)5-6-16-14(18)13-8-9-7-10(15)3-4-12(9)19-13/h3-4,7,11,13,17H,2,5-6,8H2,1H3,(H,16,18). The van der Waals surface area contributed by atoms with Gasteiger partial charge in [-0.15, -0.1) is 0 Å². The van der Waals surface area contributed by atoms with Gasteiger partial charge in [-0.2, -0.15) is 0 Å². The van der Waals surface area contributed by atoms with Gasteiger partial charge < -0.3 is 15.2 Å². The van der Waals surface area contributed by atoms with Gasteiger partial charge in [-0.25, -0.2) is 0 Å². The molecule has 0 radical (unpaired) electrons. The fourth-order valence-electron chi connectivity index (χ4n) is 2.04. The van der Waals surface area contributed by atoms with Crippen LogP contribution in [0.4, 0.5) is 0 Å². The molecule has 0 fully saturated rings. The third-order valence-corrected chi connectivity index (χ3v) is 3.47. The van der Waals surface area contributed by atoms with Crippen LogP contribution in [0, 0.1) is 0 Å². The SMILES string of the molecule is CCC(O)CCNC(=O)C1Cc2cc(Cl)ccc2O1. The predicted molar refractivity (Wildman–Crippen MR) is 73.5 cm³/mol. The maximum atomic E-state index is 11.9. The van der Waals surface area contributed by atoms with Crippen molar-refractivity contribution in [3.05, 3.63) is 28.8 Å². The average molecular weight is 284 g/mol. The zero-order valence-electron chi connectivity index (χ0n) is 10.9. The van der Waals surface area contributed by atoms with Crippen molar-refractivity contribution < 1.29 is 14.6 Å². The van der Waals surface area contributed by atoms with Gasteiger partial charge in [0.15, 0.2) is 6.10 Å². The van der Waals surface area contributed by atoms with E-state index in [2.05, 4.69) is 5.32 Å². The molecule has 1 aromatic carbocycles. The number of amides is 1. The zero-order valence-corrected chi connectivity index (χ0v) is 11.6. The molecule has 0 bridgehead atoms. The minimum atomic E-state index is -0.493. The molecule has 5 heteroatoms. The number of halogens is 1. The summed E-state index contributed by atoms with van der Waals surface area (Å²) in [5.41, 5.74) is 0.959. The van der Waals surface area contributed by atoms with Crippen molar-refractivity contribution in [1.29, 1.82) is 0 Å². The molecular formula is C14H18ClNO3. The van der Waals surface area contributed by atoms with E-state index in [1.165, 1.54) is 0 Å². The molecule has 104 valence electrons. The van der Waals surface area contributed by atoms with Crippen molar-refractivity contribution in [3.8, 4) is 5.75 Å². The molecule has 0 spiro atoms. The van der Waals surface area contributed by atoms with Gasteiger partial charge in [0.1, 0.15) is 5.75 Å². The molecule has 0 saturated heterocycles. The Bertz CT molecular complexity index is 464. The van der Waals surface area contributed by atoms with E-state index in [0.29, 0.717) is 30.8 Å². The highest BCUT2D eigenvalue weighted by Crippen LogP contribution is 2.31. The smallest absolute Gasteiger partial charge is 0.261 e. The molecular weight excluding hydrogens is 266 g/mol. The number of aliphatic hydroxyl groups excluding tert-OH is 1. The van der Waals surface area contributed by atoms with E-state index in [0.717, 1.165) is 11.3 Å². The number of rotatable bonds is 5. The summed E-state index contributed by atoms with van der Waals surface area (Å²) >= 11 is 5.90. The summed E-state index contributed by atoms with van der Waals surface area (Å²) in [6.45, 7) is 2.37. The Morgan fingerprint density at radius 2 is 2.42 bits per heavy atom. The predicted octanol–water partition coefficient (Wildman–Crippen LogP) is 1.92. The van der Waals surface area contributed by atoms with E-state index in [1.54, 1.807) is 12.1 Å². The van der Waals surface area contributed by atoms with Crippen LogP contribution in [0.25, 0.3) is 0 Å². The topological polar surface area (TPSA) is 58.6 Å². The van der Waals surface area contributed by atoms with E-state index < -0.39 is 6.10 Å². The summed E-state index contributed by atoms with van der Waals surface area (Å²) in [5.74, 6) is 0.578. The number of hydrogen-bond acceptors (Lipinski definition) is 3. The van der Waals surface area contributed by atoms with Gasteiger partial charge in [0, 0.05) is 18.0 Å². The zero-order chi connectivity index (χ0) is 13.8. The third-order valence-electron chi connectivity index (χ3n) is 3.24. The van der Waals surface area contributed by atoms with Crippen LogP contribution in [0.1, 0.15) is 25.3 Å². The molecule has 19 heavy (non-hydrogen) atoms. The van der Waals surface area contributed by atoms with Crippen molar-refractivity contribution in [2.45, 2.75) is 38.4 Å². The van der Waals surface area contributed by atoms with Crippen LogP contribution < -0.4 is 10.1 Å². The molecule has 2 unspecified atom stereocenters. The lowest BCUT2D eigenvalue weighted by Gasteiger charge is -2.12. The molecule has 0 aromatic heterocycles. The summed E-state index contributed by atoms with van der Waals surface area (Å²) < 4.78 is 5.57. The molecule has 1 amide bonds. The highest BCUT2D eigenvalue weighted by Gasteiger charge is 2.28. The van der Waals surface area contributed by atoms with E-state index in [-0.39, 0.29) is 12.0 Å². The second-order valence-corrected chi connectivity index (χ2v) is 5.14. The molecule has 2 N–H and O–H groups in total. The minimum absolute atomic E-state index is 0.143. The lowest BCUT2D eigenvalue weighted by Crippen LogP contribution is -2.38. The normalized spacial score (nSPS) is 18.6. The van der Waals surface area contributed by atoms with Gasteiger partial charge in [0.2, 0.25) is 0 Å². The molecule has 1 aromatic rings. The number of carbonyl (C=O) groups excluding carboxylic acids is 1. The first-order valence-corrected chi connectivity index (χ1v) is 6.88. The second-order valence-electron chi connectivity index (χ2n) is 4.70. The third kappa shape index (κ3) is 3.61. The maximum Gasteiger partial charge on any atom is 0.261 e. The highest BCUT2D eigenvalue weighted by molar-refractivity contribution is 6.30. The highest BCUT2D eigenvalue weighted by atomic mass is 35.5. The largest absolute Gasteiger partial charge is 0.480 e. The summed E-state index contributed by atoms with van der Waals surface area (Å²) in [6.07, 6.45) is 0.943. The number of nitrogens with one attached hydrogen (secondary N) is 1. The molecule has 2 atom stereocenters. The van der Waals surface area contributed by atoms with Crippen LogP contribution in [-0.2, 0) is 11.2 Å². The van der Waals surface area contributed by atoms with Gasteiger partial charge in [-0.05, 0) is 36.6 Å². The summed E-state index contributed by atoms with van der Waals surface area (Å²) in [6, 6.07) is 5.36. The van der Waals surface area contributed by atoms with Gasteiger partial charge in [0.05, 0.1) is 6.10 Å². The van der Waals surface area contributed by atoms with E-state index in [9.17, 15) is 9.90 Å². The van der Waals surface area contributed by atoms with Crippen molar-refractivity contribution in [3.63, 3.8) is 0 Å². The fourth-order valence-corrected chi connectivity index (χ4v) is 2.24. The van der Waals surface area contributed by atoms with Crippen molar-refractivity contribution in [2.24, 2.45) is 0 Å². The summed E-state index contributed by atoms with van der Waals surface area (Å²) in [4.78, 5) is 11.9. The Morgan fingerprint density at radius 3 is 3.16 bits per heavy atom. The Kier molecular flexibility index (Phi) is 4.66. The Balaban J connectivity index is 1.83. The van der Waals surface area contributed by atoms with Crippen LogP contribution in [0.3, 0.4) is 0 Å². The van der Waals surface area contributed by atoms with Crippen LogP contribution >= 0.6 is 11.6 Å². The van der Waals surface area contributed by atoms with E-state index in [4.69, 9.17) is 16.3 Å². The molecule has 1 heterocycles. The average Bonchev–Trinajstić information content (AvgIpc) is 2.81. The number of carbonyl (C=O) groups is 1. The second kappa shape index (κ2) is 6.26. The quantitative estimate of drug-likeness (QED) is 0.868. The van der Waals surface area contributed by atoms with Gasteiger partial charge in [-0.1, -0.05) is 18.5 Å². The fraction of sp³-hybridized carbons (Fsp3) is 0.500. The van der Waals surface area contributed by atoms with E-state index in [1.807, 2.05) is 13.0 Å². The van der Waals surface area contributed by atoms with Crippen molar-refractivity contribution in [2.75, 3.05) is 6.54 Å². The molecule has 1 aliphatic rings. The minimum Gasteiger partial charge on any atom is -0.480 e. The van der Waals surface area contributed by atoms with Crippen LogP contribution in [0.2, 0.25) is 5.02 Å². The number of aliphatic hydroxyl groups is 1. The molecule has 1 aliphatic heterocycles. The molecule has 2 rings (SSSR count). The number of hydrogen-bond donors (Lipinski definition) is 2. The lowest BCUT2D eigenvalue weighted by molar-refractivity contribution is -0.127. The van der Waals surface area contributed by atoms with E-state index >= 15 is 0 Å². The Labute approximate surface area is 117 Å². The monoisotopic (exact) mass is 283 g/mol. The first kappa shape index (κ1) is 14.2. The molecule has 4 nitrogen and oxygen atoms in total. The first-order valence-electron chi connectivity index (χ1n) is 6.51. The Hall–Kier alpha value is -1.26. The van der Waals surface area contributed by atoms with Crippen LogP contribution in [-0.4, -0.2) is 29.8 Å². The van der Waals surface area contributed by atoms with Crippen molar-refractivity contribution in [1.82, 2.24) is 5.32 Å². The van der Waals surface area contributed by atoms with Gasteiger partial charge in [-0.3, -0.25) is 4.79 Å². The lowest BCUT2D eigenvalue weighted by atomic mass is 10.1. The number of benzene rings is 1. The molecule has 0 saturated carbocycles.